The van der Waals surface area contributed by atoms with Gasteiger partial charge in [-0.25, -0.2) is 4.39 Å². The maximum absolute atomic E-state index is 13.4. The van der Waals surface area contributed by atoms with Crippen molar-refractivity contribution in [2.45, 2.75) is 27.0 Å². The number of nitrogens with one attached hydrogen (secondary N) is 1. The summed E-state index contributed by atoms with van der Waals surface area (Å²) in [4.78, 5) is 0. The van der Waals surface area contributed by atoms with E-state index in [1.807, 2.05) is 12.1 Å². The average Bonchev–Trinajstić information content (AvgIpc) is 2.62. The Morgan fingerprint density at radius 1 is 0.963 bits per heavy atom. The van der Waals surface area contributed by atoms with Crippen molar-refractivity contribution in [1.29, 1.82) is 0 Å². The van der Waals surface area contributed by atoms with Crippen LogP contribution >= 0.6 is 23.2 Å². The molecule has 0 radical (unpaired) electrons. The minimum Gasteiger partial charge on any atom is -0.487 e. The largest absolute Gasteiger partial charge is 0.487 e. The van der Waals surface area contributed by atoms with E-state index < -0.39 is 0 Å². The lowest BCUT2D eigenvalue weighted by Gasteiger charge is -2.16. The second kappa shape index (κ2) is 8.64. The van der Waals surface area contributed by atoms with E-state index in [2.05, 4.69) is 31.3 Å². The van der Waals surface area contributed by atoms with Gasteiger partial charge < -0.3 is 10.1 Å². The summed E-state index contributed by atoms with van der Waals surface area (Å²) < 4.78 is 19.3. The standard InChI is InChI=1S/C22H20Cl2FNO/c1-14-6-7-20(8-15(14)2)26-12-17-10-18(23)11-21(24)22(17)27-13-16-4-3-5-19(25)9-16/h3-11,26H,12-13H2,1-2H3. The fourth-order valence-corrected chi connectivity index (χ4v) is 3.33. The lowest BCUT2D eigenvalue weighted by atomic mass is 10.1. The number of halogens is 3. The van der Waals surface area contributed by atoms with Crippen molar-refractivity contribution < 1.29 is 9.13 Å². The van der Waals surface area contributed by atoms with Crippen LogP contribution in [0.15, 0.2) is 54.6 Å². The van der Waals surface area contributed by atoms with Crippen molar-refractivity contribution in [2.75, 3.05) is 5.32 Å². The summed E-state index contributed by atoms with van der Waals surface area (Å²) in [6.45, 7) is 4.87. The van der Waals surface area contributed by atoms with E-state index in [0.717, 1.165) is 16.8 Å². The van der Waals surface area contributed by atoms with E-state index in [1.54, 1.807) is 18.2 Å². The van der Waals surface area contributed by atoms with Crippen LogP contribution in [0.4, 0.5) is 10.1 Å². The molecule has 0 aliphatic heterocycles. The molecule has 3 aromatic rings. The summed E-state index contributed by atoms with van der Waals surface area (Å²) in [5.74, 6) is 0.247. The first kappa shape index (κ1) is 19.5. The van der Waals surface area contributed by atoms with Gasteiger partial charge in [-0.3, -0.25) is 0 Å². The van der Waals surface area contributed by atoms with Crippen LogP contribution in [-0.4, -0.2) is 0 Å². The van der Waals surface area contributed by atoms with Crippen molar-refractivity contribution in [3.8, 4) is 5.75 Å². The van der Waals surface area contributed by atoms with Gasteiger partial charge in [-0.15, -0.1) is 0 Å². The maximum atomic E-state index is 13.4. The first-order chi connectivity index (χ1) is 12.9. The Labute approximate surface area is 168 Å². The monoisotopic (exact) mass is 403 g/mol. The molecule has 3 aromatic carbocycles. The van der Waals surface area contributed by atoms with Crippen molar-refractivity contribution >= 4 is 28.9 Å². The van der Waals surface area contributed by atoms with Crippen LogP contribution in [0.3, 0.4) is 0 Å². The summed E-state index contributed by atoms with van der Waals surface area (Å²) in [7, 11) is 0. The third kappa shape index (κ3) is 5.15. The number of ether oxygens (including phenoxy) is 1. The molecule has 0 aliphatic carbocycles. The van der Waals surface area contributed by atoms with Crippen LogP contribution in [0.25, 0.3) is 0 Å². The highest BCUT2D eigenvalue weighted by Gasteiger charge is 2.12. The van der Waals surface area contributed by atoms with Crippen LogP contribution in [0.1, 0.15) is 22.3 Å². The molecule has 0 bridgehead atoms. The van der Waals surface area contributed by atoms with E-state index in [9.17, 15) is 4.39 Å². The van der Waals surface area contributed by atoms with E-state index in [0.29, 0.717) is 22.3 Å². The van der Waals surface area contributed by atoms with Crippen LogP contribution in [-0.2, 0) is 13.2 Å². The Hall–Kier alpha value is -2.23. The average molecular weight is 404 g/mol. The zero-order chi connectivity index (χ0) is 19.4. The number of hydrogen-bond acceptors (Lipinski definition) is 2. The van der Waals surface area contributed by atoms with E-state index in [4.69, 9.17) is 27.9 Å². The van der Waals surface area contributed by atoms with Crippen LogP contribution in [0.2, 0.25) is 10.0 Å². The van der Waals surface area contributed by atoms with E-state index in [1.165, 1.54) is 23.3 Å². The summed E-state index contributed by atoms with van der Waals surface area (Å²) in [6, 6.07) is 16.0. The fourth-order valence-electron chi connectivity index (χ4n) is 2.74. The van der Waals surface area contributed by atoms with Gasteiger partial charge in [0.2, 0.25) is 0 Å². The molecule has 0 aromatic heterocycles. The molecule has 27 heavy (non-hydrogen) atoms. The minimum atomic E-state index is -0.296. The molecule has 2 nitrogen and oxygen atoms in total. The summed E-state index contributed by atoms with van der Waals surface area (Å²) >= 11 is 12.5. The highest BCUT2D eigenvalue weighted by molar-refractivity contribution is 6.35. The molecule has 0 unspecified atom stereocenters. The van der Waals surface area contributed by atoms with Gasteiger partial charge in [-0.1, -0.05) is 41.4 Å². The van der Waals surface area contributed by atoms with Gasteiger partial charge in [0.15, 0.2) is 0 Å². The normalized spacial score (nSPS) is 10.7. The lowest BCUT2D eigenvalue weighted by molar-refractivity contribution is 0.303. The number of rotatable bonds is 6. The Kier molecular flexibility index (Phi) is 6.25. The van der Waals surface area contributed by atoms with Crippen LogP contribution < -0.4 is 10.1 Å². The summed E-state index contributed by atoms with van der Waals surface area (Å²) in [5.41, 5.74) is 5.03. The second-order valence-electron chi connectivity index (χ2n) is 6.45. The molecule has 3 rings (SSSR count). The van der Waals surface area contributed by atoms with Gasteiger partial charge >= 0.3 is 0 Å². The quantitative estimate of drug-likeness (QED) is 0.481. The molecule has 0 fully saturated rings. The molecular formula is C22H20Cl2FNO. The topological polar surface area (TPSA) is 21.3 Å². The number of benzene rings is 3. The molecule has 0 atom stereocenters. The van der Waals surface area contributed by atoms with Crippen molar-refractivity contribution in [2.24, 2.45) is 0 Å². The number of aryl methyl sites for hydroxylation is 2. The van der Waals surface area contributed by atoms with E-state index >= 15 is 0 Å². The van der Waals surface area contributed by atoms with Crippen molar-refractivity contribution in [3.63, 3.8) is 0 Å². The Bertz CT molecular complexity index is 959. The molecule has 1 N–H and O–H groups in total. The predicted molar refractivity (Wildman–Crippen MR) is 110 cm³/mol. The zero-order valence-electron chi connectivity index (χ0n) is 15.2. The summed E-state index contributed by atoms with van der Waals surface area (Å²) in [5, 5.41) is 4.34. The third-order valence-electron chi connectivity index (χ3n) is 4.35. The van der Waals surface area contributed by atoms with Gasteiger partial charge in [-0.05, 0) is 66.9 Å². The van der Waals surface area contributed by atoms with Gasteiger partial charge in [0.1, 0.15) is 18.2 Å². The van der Waals surface area contributed by atoms with E-state index in [-0.39, 0.29) is 12.4 Å². The molecule has 5 heteroatoms. The summed E-state index contributed by atoms with van der Waals surface area (Å²) in [6.07, 6.45) is 0. The molecule has 140 valence electrons. The van der Waals surface area contributed by atoms with Crippen molar-refractivity contribution in [3.05, 3.63) is 92.7 Å². The maximum Gasteiger partial charge on any atom is 0.143 e. The molecule has 0 saturated heterocycles. The third-order valence-corrected chi connectivity index (χ3v) is 4.85. The molecule has 0 saturated carbocycles. The SMILES string of the molecule is Cc1ccc(NCc2cc(Cl)cc(Cl)c2OCc2cccc(F)c2)cc1C. The zero-order valence-corrected chi connectivity index (χ0v) is 16.7. The fraction of sp³-hybridized carbons (Fsp3) is 0.182. The predicted octanol–water partition coefficient (Wildman–Crippen LogP) is 6.94. The van der Waals surface area contributed by atoms with Crippen LogP contribution in [0.5, 0.6) is 5.75 Å². The highest BCUT2D eigenvalue weighted by Crippen LogP contribution is 2.33. The molecule has 0 heterocycles. The highest BCUT2D eigenvalue weighted by atomic mass is 35.5. The van der Waals surface area contributed by atoms with Gasteiger partial charge in [0, 0.05) is 22.8 Å². The smallest absolute Gasteiger partial charge is 0.143 e. The van der Waals surface area contributed by atoms with Gasteiger partial charge in [0.05, 0.1) is 5.02 Å². The molecular weight excluding hydrogens is 384 g/mol. The Morgan fingerprint density at radius 3 is 2.52 bits per heavy atom. The first-order valence-electron chi connectivity index (χ1n) is 8.58. The lowest BCUT2D eigenvalue weighted by Crippen LogP contribution is -2.05. The second-order valence-corrected chi connectivity index (χ2v) is 7.29. The minimum absolute atomic E-state index is 0.218. The van der Waals surface area contributed by atoms with Crippen molar-refractivity contribution in [1.82, 2.24) is 0 Å². The molecule has 0 spiro atoms. The van der Waals surface area contributed by atoms with Crippen LogP contribution in [0, 0.1) is 19.7 Å². The number of hydrogen-bond donors (Lipinski definition) is 1. The Balaban J connectivity index is 1.78. The Morgan fingerprint density at radius 2 is 1.78 bits per heavy atom. The number of anilines is 1. The molecule has 0 aliphatic rings. The molecule has 0 amide bonds. The van der Waals surface area contributed by atoms with Gasteiger partial charge in [-0.2, -0.15) is 0 Å². The van der Waals surface area contributed by atoms with Gasteiger partial charge in [0.25, 0.3) is 0 Å². The first-order valence-corrected chi connectivity index (χ1v) is 9.34.